The SMILES string of the molecule is O=C(O)N1Cc2cccc(Cl)c2C1=O. The number of nitrogens with zero attached hydrogens (tertiary/aromatic N) is 1. The van der Waals surface area contributed by atoms with Gasteiger partial charge in [0.15, 0.2) is 0 Å². The van der Waals surface area contributed by atoms with E-state index in [2.05, 4.69) is 0 Å². The number of halogens is 1. The molecule has 1 aliphatic rings. The molecule has 2 rings (SSSR count). The van der Waals surface area contributed by atoms with Crippen LogP contribution in [0.15, 0.2) is 18.2 Å². The van der Waals surface area contributed by atoms with Crippen LogP contribution in [0.1, 0.15) is 15.9 Å². The first-order valence-corrected chi connectivity index (χ1v) is 4.31. The van der Waals surface area contributed by atoms with Crippen molar-refractivity contribution in [2.75, 3.05) is 0 Å². The number of benzene rings is 1. The molecule has 5 heteroatoms. The van der Waals surface area contributed by atoms with E-state index in [9.17, 15) is 9.59 Å². The number of carboxylic acid groups (broad SMARTS) is 1. The third-order valence-electron chi connectivity index (χ3n) is 2.12. The molecule has 72 valence electrons. The number of rotatable bonds is 0. The topological polar surface area (TPSA) is 57.6 Å². The van der Waals surface area contributed by atoms with Gasteiger partial charge in [0, 0.05) is 0 Å². The van der Waals surface area contributed by atoms with Crippen LogP contribution in [0.4, 0.5) is 4.79 Å². The zero-order valence-electron chi connectivity index (χ0n) is 7.03. The van der Waals surface area contributed by atoms with Gasteiger partial charge in [-0.25, -0.2) is 9.69 Å². The van der Waals surface area contributed by atoms with Gasteiger partial charge in [-0.15, -0.1) is 0 Å². The maximum absolute atomic E-state index is 11.5. The maximum Gasteiger partial charge on any atom is 0.414 e. The second kappa shape index (κ2) is 2.99. The van der Waals surface area contributed by atoms with Gasteiger partial charge in [0.05, 0.1) is 17.1 Å². The minimum Gasteiger partial charge on any atom is -0.465 e. The number of amides is 2. The van der Waals surface area contributed by atoms with E-state index in [0.29, 0.717) is 16.1 Å². The van der Waals surface area contributed by atoms with Crippen molar-refractivity contribution in [2.24, 2.45) is 0 Å². The predicted octanol–water partition coefficient (Wildman–Crippen LogP) is 1.97. The van der Waals surface area contributed by atoms with Gasteiger partial charge in [0.25, 0.3) is 5.91 Å². The fraction of sp³-hybridized carbons (Fsp3) is 0.111. The van der Waals surface area contributed by atoms with E-state index in [4.69, 9.17) is 16.7 Å². The van der Waals surface area contributed by atoms with Crippen molar-refractivity contribution in [1.29, 1.82) is 0 Å². The lowest BCUT2D eigenvalue weighted by atomic mass is 10.1. The molecule has 0 atom stereocenters. The summed E-state index contributed by atoms with van der Waals surface area (Å²) in [5, 5.41) is 9.01. The molecule has 1 aromatic carbocycles. The summed E-state index contributed by atoms with van der Waals surface area (Å²) in [6, 6.07) is 4.96. The number of hydrogen-bond donors (Lipinski definition) is 1. The van der Waals surface area contributed by atoms with Crippen LogP contribution in [-0.4, -0.2) is 22.0 Å². The van der Waals surface area contributed by atoms with E-state index in [1.807, 2.05) is 0 Å². The normalized spacial score (nSPS) is 14.4. The lowest BCUT2D eigenvalue weighted by Crippen LogP contribution is -2.29. The molecule has 2 amide bonds. The fourth-order valence-corrected chi connectivity index (χ4v) is 1.75. The molecular formula is C9H6ClNO3. The number of fused-ring (bicyclic) bond motifs is 1. The lowest BCUT2D eigenvalue weighted by molar-refractivity contribution is 0.0764. The number of carbonyl (C=O) groups excluding carboxylic acids is 1. The Labute approximate surface area is 84.7 Å². The molecule has 0 aliphatic carbocycles. The second-order valence-electron chi connectivity index (χ2n) is 2.95. The standard InChI is InChI=1S/C9H6ClNO3/c10-6-3-1-2-5-4-11(9(13)14)8(12)7(5)6/h1-3H,4H2,(H,13,14). The molecule has 0 saturated heterocycles. The highest BCUT2D eigenvalue weighted by atomic mass is 35.5. The van der Waals surface area contributed by atoms with E-state index in [-0.39, 0.29) is 6.54 Å². The van der Waals surface area contributed by atoms with Gasteiger partial charge in [-0.05, 0) is 11.6 Å². The van der Waals surface area contributed by atoms with Crippen molar-refractivity contribution in [3.63, 3.8) is 0 Å². The molecule has 0 fully saturated rings. The van der Waals surface area contributed by atoms with Gasteiger partial charge >= 0.3 is 6.09 Å². The molecular weight excluding hydrogens is 206 g/mol. The van der Waals surface area contributed by atoms with Gasteiger partial charge < -0.3 is 5.11 Å². The van der Waals surface area contributed by atoms with E-state index in [1.165, 1.54) is 0 Å². The molecule has 14 heavy (non-hydrogen) atoms. The highest BCUT2D eigenvalue weighted by Gasteiger charge is 2.33. The summed E-state index contributed by atoms with van der Waals surface area (Å²) in [5.41, 5.74) is 0.960. The molecule has 1 aromatic rings. The summed E-state index contributed by atoms with van der Waals surface area (Å²) in [5.74, 6) is -0.543. The minimum atomic E-state index is -1.25. The van der Waals surface area contributed by atoms with Crippen LogP contribution in [0.2, 0.25) is 5.02 Å². The fourth-order valence-electron chi connectivity index (χ4n) is 1.47. The first-order valence-electron chi connectivity index (χ1n) is 3.93. The van der Waals surface area contributed by atoms with Crippen LogP contribution in [0.3, 0.4) is 0 Å². The van der Waals surface area contributed by atoms with Crippen molar-refractivity contribution in [3.05, 3.63) is 34.3 Å². The van der Waals surface area contributed by atoms with E-state index in [0.717, 1.165) is 4.90 Å². The Kier molecular flexibility index (Phi) is 1.93. The van der Waals surface area contributed by atoms with Crippen LogP contribution < -0.4 is 0 Å². The van der Waals surface area contributed by atoms with Gasteiger partial charge in [0.2, 0.25) is 0 Å². The Bertz CT molecular complexity index is 430. The van der Waals surface area contributed by atoms with Crippen LogP contribution >= 0.6 is 11.6 Å². The molecule has 4 nitrogen and oxygen atoms in total. The van der Waals surface area contributed by atoms with Crippen molar-refractivity contribution >= 4 is 23.6 Å². The van der Waals surface area contributed by atoms with Crippen molar-refractivity contribution in [2.45, 2.75) is 6.54 Å². The highest BCUT2D eigenvalue weighted by molar-refractivity contribution is 6.34. The Hall–Kier alpha value is -1.55. The first-order chi connectivity index (χ1) is 6.61. The van der Waals surface area contributed by atoms with Crippen LogP contribution in [-0.2, 0) is 6.54 Å². The summed E-state index contributed by atoms with van der Waals surface area (Å²) in [6.45, 7) is 0.0874. The zero-order chi connectivity index (χ0) is 10.3. The minimum absolute atomic E-state index is 0.0874. The Morgan fingerprint density at radius 2 is 2.21 bits per heavy atom. The van der Waals surface area contributed by atoms with Gasteiger partial charge in [-0.3, -0.25) is 4.79 Å². The summed E-state index contributed by atoms with van der Waals surface area (Å²) in [7, 11) is 0. The molecule has 1 aliphatic heterocycles. The average Bonchev–Trinajstić information content (AvgIpc) is 2.45. The summed E-state index contributed by atoms with van der Waals surface area (Å²) in [6.07, 6.45) is -1.25. The summed E-state index contributed by atoms with van der Waals surface area (Å²) < 4.78 is 0. The maximum atomic E-state index is 11.5. The molecule has 0 unspecified atom stereocenters. The van der Waals surface area contributed by atoms with E-state index in [1.54, 1.807) is 18.2 Å². The number of carbonyl (C=O) groups is 2. The quantitative estimate of drug-likeness (QED) is 0.714. The first kappa shape index (κ1) is 9.02. The Morgan fingerprint density at radius 1 is 1.50 bits per heavy atom. The second-order valence-corrected chi connectivity index (χ2v) is 3.36. The molecule has 0 radical (unpaired) electrons. The number of imide groups is 1. The van der Waals surface area contributed by atoms with Crippen LogP contribution in [0.5, 0.6) is 0 Å². The van der Waals surface area contributed by atoms with E-state index >= 15 is 0 Å². The Morgan fingerprint density at radius 3 is 2.79 bits per heavy atom. The largest absolute Gasteiger partial charge is 0.465 e. The van der Waals surface area contributed by atoms with Crippen LogP contribution in [0, 0.1) is 0 Å². The van der Waals surface area contributed by atoms with Gasteiger partial charge in [-0.2, -0.15) is 0 Å². The molecule has 0 bridgehead atoms. The smallest absolute Gasteiger partial charge is 0.414 e. The van der Waals surface area contributed by atoms with Crippen molar-refractivity contribution in [3.8, 4) is 0 Å². The molecule has 0 saturated carbocycles. The number of hydrogen-bond acceptors (Lipinski definition) is 2. The van der Waals surface area contributed by atoms with Gasteiger partial charge in [0.1, 0.15) is 0 Å². The molecule has 1 heterocycles. The molecule has 1 N–H and O–H groups in total. The molecule has 0 spiro atoms. The average molecular weight is 212 g/mol. The van der Waals surface area contributed by atoms with Crippen molar-refractivity contribution < 1.29 is 14.7 Å². The molecule has 0 aromatic heterocycles. The summed E-state index contributed by atoms with van der Waals surface area (Å²) >= 11 is 5.79. The monoisotopic (exact) mass is 211 g/mol. The lowest BCUT2D eigenvalue weighted by Gasteiger charge is -2.06. The zero-order valence-corrected chi connectivity index (χ0v) is 7.78. The van der Waals surface area contributed by atoms with Crippen LogP contribution in [0.25, 0.3) is 0 Å². The predicted molar refractivity (Wildman–Crippen MR) is 49.4 cm³/mol. The van der Waals surface area contributed by atoms with Gasteiger partial charge in [-0.1, -0.05) is 23.7 Å². The highest BCUT2D eigenvalue weighted by Crippen LogP contribution is 2.28. The Balaban J connectivity index is 2.51. The van der Waals surface area contributed by atoms with E-state index < -0.39 is 12.0 Å². The summed E-state index contributed by atoms with van der Waals surface area (Å²) in [4.78, 5) is 22.9. The third kappa shape index (κ3) is 1.15. The third-order valence-corrected chi connectivity index (χ3v) is 2.43. The van der Waals surface area contributed by atoms with Crippen molar-refractivity contribution in [1.82, 2.24) is 4.90 Å².